The Kier molecular flexibility index (Phi) is 11.0. The number of amides is 3. The van der Waals surface area contributed by atoms with E-state index in [0.717, 1.165) is 15.1 Å². The van der Waals surface area contributed by atoms with Gasteiger partial charge in [-0.2, -0.15) is 0 Å². The second kappa shape index (κ2) is 15.1. The number of rotatable bonds is 11. The van der Waals surface area contributed by atoms with Crippen LogP contribution in [0, 0.1) is 0 Å². The highest BCUT2D eigenvalue weighted by Crippen LogP contribution is 2.29. The second-order valence-corrected chi connectivity index (χ2v) is 11.6. The molecule has 0 aromatic heterocycles. The van der Waals surface area contributed by atoms with E-state index in [1.165, 1.54) is 26.0 Å². The molecule has 220 valence electrons. The van der Waals surface area contributed by atoms with E-state index >= 15 is 0 Å². The number of nitrogens with one attached hydrogen (secondary N) is 3. The van der Waals surface area contributed by atoms with Crippen molar-refractivity contribution >= 4 is 62.9 Å². The first-order valence-corrected chi connectivity index (χ1v) is 14.9. The molecule has 0 spiro atoms. The van der Waals surface area contributed by atoms with E-state index in [2.05, 4.69) is 31.9 Å². The van der Waals surface area contributed by atoms with Crippen LogP contribution in [0.3, 0.4) is 0 Å². The SMILES string of the molecule is COc1ccc(/C=C(\NC(=O)c2ccccc2)C(=O)Nc2ccc(SC(C)C(=O)Nc3ccc(Br)cc3)cc2)cc1OC. The minimum Gasteiger partial charge on any atom is -0.493 e. The minimum atomic E-state index is -0.512. The fraction of sp³-hybridized carbons (Fsp3) is 0.121. The smallest absolute Gasteiger partial charge is 0.272 e. The first-order valence-electron chi connectivity index (χ1n) is 13.2. The van der Waals surface area contributed by atoms with Crippen molar-refractivity contribution in [2.24, 2.45) is 0 Å². The van der Waals surface area contributed by atoms with E-state index in [1.54, 1.807) is 60.7 Å². The van der Waals surface area contributed by atoms with E-state index < -0.39 is 11.8 Å². The Hall–Kier alpha value is -4.54. The molecule has 10 heteroatoms. The fourth-order valence-corrected chi connectivity index (χ4v) is 5.03. The molecule has 1 atom stereocenters. The van der Waals surface area contributed by atoms with Crippen molar-refractivity contribution in [3.8, 4) is 11.5 Å². The number of halogens is 1. The molecule has 4 rings (SSSR count). The average molecular weight is 661 g/mol. The molecule has 0 aliphatic carbocycles. The number of carbonyl (C=O) groups excluding carboxylic acids is 3. The molecule has 0 aliphatic rings. The summed E-state index contributed by atoms with van der Waals surface area (Å²) >= 11 is 4.78. The van der Waals surface area contributed by atoms with Gasteiger partial charge in [-0.3, -0.25) is 14.4 Å². The second-order valence-electron chi connectivity index (χ2n) is 9.23. The number of benzene rings is 4. The highest BCUT2D eigenvalue weighted by molar-refractivity contribution is 9.10. The highest BCUT2D eigenvalue weighted by Gasteiger charge is 2.17. The summed E-state index contributed by atoms with van der Waals surface area (Å²) < 4.78 is 11.6. The molecule has 0 aliphatic heterocycles. The Morgan fingerprint density at radius 1 is 0.791 bits per heavy atom. The van der Waals surface area contributed by atoms with Crippen LogP contribution in [0.25, 0.3) is 6.08 Å². The van der Waals surface area contributed by atoms with Gasteiger partial charge < -0.3 is 25.4 Å². The molecule has 4 aromatic rings. The zero-order valence-electron chi connectivity index (χ0n) is 23.7. The van der Waals surface area contributed by atoms with E-state index in [9.17, 15) is 14.4 Å². The number of hydrogen-bond donors (Lipinski definition) is 3. The predicted octanol–water partition coefficient (Wildman–Crippen LogP) is 7.00. The van der Waals surface area contributed by atoms with Crippen LogP contribution in [0.1, 0.15) is 22.8 Å². The number of thioether (sulfide) groups is 1. The summed E-state index contributed by atoms with van der Waals surface area (Å²) in [4.78, 5) is 39.8. The zero-order chi connectivity index (χ0) is 30.8. The molecule has 1 unspecified atom stereocenters. The van der Waals surface area contributed by atoms with Crippen LogP contribution in [0.5, 0.6) is 11.5 Å². The summed E-state index contributed by atoms with van der Waals surface area (Å²) in [7, 11) is 3.06. The quantitative estimate of drug-likeness (QED) is 0.118. The molecular formula is C33H30BrN3O5S. The van der Waals surface area contributed by atoms with Crippen molar-refractivity contribution in [2.45, 2.75) is 17.1 Å². The van der Waals surface area contributed by atoms with Crippen molar-refractivity contribution < 1.29 is 23.9 Å². The third-order valence-corrected chi connectivity index (χ3v) is 7.79. The van der Waals surface area contributed by atoms with Gasteiger partial charge in [0.05, 0.1) is 19.5 Å². The van der Waals surface area contributed by atoms with Crippen LogP contribution in [-0.2, 0) is 9.59 Å². The zero-order valence-corrected chi connectivity index (χ0v) is 26.1. The van der Waals surface area contributed by atoms with Crippen LogP contribution < -0.4 is 25.4 Å². The Morgan fingerprint density at radius 2 is 1.42 bits per heavy atom. The lowest BCUT2D eigenvalue weighted by molar-refractivity contribution is -0.115. The molecular weight excluding hydrogens is 630 g/mol. The largest absolute Gasteiger partial charge is 0.493 e. The van der Waals surface area contributed by atoms with Gasteiger partial charge in [0.1, 0.15) is 5.70 Å². The highest BCUT2D eigenvalue weighted by atomic mass is 79.9. The van der Waals surface area contributed by atoms with Crippen LogP contribution in [0.2, 0.25) is 0 Å². The normalized spacial score (nSPS) is 11.7. The van der Waals surface area contributed by atoms with Gasteiger partial charge in [0.15, 0.2) is 11.5 Å². The maximum atomic E-state index is 13.4. The average Bonchev–Trinajstić information content (AvgIpc) is 3.02. The Balaban J connectivity index is 1.47. The summed E-state index contributed by atoms with van der Waals surface area (Å²) in [6.07, 6.45) is 1.56. The molecule has 43 heavy (non-hydrogen) atoms. The molecule has 0 radical (unpaired) electrons. The Labute approximate surface area is 263 Å². The summed E-state index contributed by atoms with van der Waals surface area (Å²) in [5.74, 6) is -0.0367. The lowest BCUT2D eigenvalue weighted by Crippen LogP contribution is -2.30. The maximum absolute atomic E-state index is 13.4. The molecule has 3 amide bonds. The minimum absolute atomic E-state index is 0.0396. The lowest BCUT2D eigenvalue weighted by atomic mass is 10.1. The number of ether oxygens (including phenoxy) is 2. The van der Waals surface area contributed by atoms with Crippen molar-refractivity contribution in [1.29, 1.82) is 0 Å². The van der Waals surface area contributed by atoms with Gasteiger partial charge in [0.25, 0.3) is 11.8 Å². The fourth-order valence-electron chi connectivity index (χ4n) is 3.90. The molecule has 0 bridgehead atoms. The third-order valence-electron chi connectivity index (χ3n) is 6.15. The van der Waals surface area contributed by atoms with E-state index in [0.29, 0.717) is 28.3 Å². The van der Waals surface area contributed by atoms with Crippen LogP contribution in [0.15, 0.2) is 112 Å². The summed E-state index contributed by atoms with van der Waals surface area (Å²) in [6.45, 7) is 1.83. The number of hydrogen-bond acceptors (Lipinski definition) is 6. The lowest BCUT2D eigenvalue weighted by Gasteiger charge is -2.14. The standard InChI is InChI=1S/C33H30BrN3O5S/c1-21(31(38)35-25-12-10-24(34)11-13-25)43-27-16-14-26(15-17-27)36-33(40)28(37-32(39)23-7-5-4-6-8-23)19-22-9-18-29(41-2)30(20-22)42-3/h4-21H,1-3H3,(H,35,38)(H,36,40)(H,37,39)/b28-19-. The van der Waals surface area contributed by atoms with Crippen molar-refractivity contribution in [2.75, 3.05) is 24.9 Å². The Morgan fingerprint density at radius 3 is 2.07 bits per heavy atom. The summed E-state index contributed by atoms with van der Waals surface area (Å²) in [5.41, 5.74) is 2.31. The molecule has 0 heterocycles. The van der Waals surface area contributed by atoms with Gasteiger partial charge in [0, 0.05) is 26.3 Å². The van der Waals surface area contributed by atoms with E-state index in [1.807, 2.05) is 49.4 Å². The van der Waals surface area contributed by atoms with E-state index in [-0.39, 0.29) is 16.9 Å². The molecule has 4 aromatic carbocycles. The van der Waals surface area contributed by atoms with Crippen molar-refractivity contribution in [3.05, 3.63) is 118 Å². The summed E-state index contributed by atoms with van der Waals surface area (Å²) in [6, 6.07) is 28.3. The van der Waals surface area contributed by atoms with Crippen molar-refractivity contribution in [3.63, 3.8) is 0 Å². The first-order chi connectivity index (χ1) is 20.7. The van der Waals surface area contributed by atoms with Gasteiger partial charge in [0.2, 0.25) is 5.91 Å². The third kappa shape index (κ3) is 8.97. The van der Waals surface area contributed by atoms with Crippen LogP contribution in [0.4, 0.5) is 11.4 Å². The molecule has 8 nitrogen and oxygen atoms in total. The molecule has 0 saturated heterocycles. The number of anilines is 2. The van der Waals surface area contributed by atoms with Crippen LogP contribution in [-0.4, -0.2) is 37.2 Å². The van der Waals surface area contributed by atoms with Crippen molar-refractivity contribution in [1.82, 2.24) is 5.32 Å². The maximum Gasteiger partial charge on any atom is 0.272 e. The predicted molar refractivity (Wildman–Crippen MR) is 175 cm³/mol. The summed E-state index contributed by atoms with van der Waals surface area (Å²) in [5, 5.41) is 8.12. The molecule has 0 saturated carbocycles. The molecule has 3 N–H and O–H groups in total. The van der Waals surface area contributed by atoms with Gasteiger partial charge >= 0.3 is 0 Å². The topological polar surface area (TPSA) is 106 Å². The monoisotopic (exact) mass is 659 g/mol. The molecule has 0 fully saturated rings. The van der Waals surface area contributed by atoms with E-state index in [4.69, 9.17) is 9.47 Å². The van der Waals surface area contributed by atoms with Gasteiger partial charge in [-0.1, -0.05) is 40.2 Å². The number of carbonyl (C=O) groups is 3. The first kappa shape index (κ1) is 31.4. The van der Waals surface area contributed by atoms with Crippen LogP contribution >= 0.6 is 27.7 Å². The van der Waals surface area contributed by atoms with Gasteiger partial charge in [-0.25, -0.2) is 0 Å². The number of methoxy groups -OCH3 is 2. The van der Waals surface area contributed by atoms with Gasteiger partial charge in [-0.15, -0.1) is 11.8 Å². The van der Waals surface area contributed by atoms with Gasteiger partial charge in [-0.05, 0) is 91.4 Å². The Bertz CT molecular complexity index is 1610.